The smallest absolute Gasteiger partial charge is 0.306 e. The van der Waals surface area contributed by atoms with Gasteiger partial charge in [0.1, 0.15) is 31.0 Å². The largest absolute Gasteiger partial charge is 0.462 e. The Kier molecular flexibility index (Phi) is 43.7. The summed E-state index contributed by atoms with van der Waals surface area (Å²) in [5.41, 5.74) is 0. The number of carbonyl (C=O) groups excluding carboxylic acids is 2. The summed E-state index contributed by atoms with van der Waals surface area (Å²) < 4.78 is 22.3. The lowest BCUT2D eigenvalue weighted by atomic mass is 9.99. The predicted molar refractivity (Wildman–Crippen MR) is 266 cm³/mol. The van der Waals surface area contributed by atoms with Crippen LogP contribution in [0, 0.1) is 0 Å². The lowest BCUT2D eigenvalue weighted by Crippen LogP contribution is -2.59. The van der Waals surface area contributed by atoms with Gasteiger partial charge in [-0.1, -0.05) is 231 Å². The van der Waals surface area contributed by atoms with Gasteiger partial charge in [-0.05, 0) is 38.5 Å². The van der Waals surface area contributed by atoms with Gasteiger partial charge >= 0.3 is 11.9 Å². The first-order chi connectivity index (χ1) is 31.8. The Morgan fingerprint density at radius 2 is 0.815 bits per heavy atom. The first kappa shape index (κ1) is 61.5. The fraction of sp³-hybridized carbons (Fsp3) is 0.927. The van der Waals surface area contributed by atoms with Crippen molar-refractivity contribution in [3.05, 3.63) is 12.2 Å². The average molecular weight is 925 g/mol. The van der Waals surface area contributed by atoms with Gasteiger partial charge in [0.05, 0.1) is 13.2 Å². The van der Waals surface area contributed by atoms with E-state index in [9.17, 15) is 30.0 Å². The third-order valence-corrected chi connectivity index (χ3v) is 13.2. The molecule has 1 aliphatic heterocycles. The van der Waals surface area contributed by atoms with E-state index < -0.39 is 49.4 Å². The summed E-state index contributed by atoms with van der Waals surface area (Å²) in [4.78, 5) is 25.5. The maximum Gasteiger partial charge on any atom is 0.306 e. The van der Waals surface area contributed by atoms with Crippen LogP contribution in [0.2, 0.25) is 0 Å². The number of aliphatic hydroxyl groups excluding tert-OH is 4. The normalized spacial score (nSPS) is 19.3. The molecule has 1 rings (SSSR count). The summed E-state index contributed by atoms with van der Waals surface area (Å²) in [6.07, 6.45) is 45.1. The minimum absolute atomic E-state index is 0.211. The van der Waals surface area contributed by atoms with Crippen LogP contribution in [0.1, 0.15) is 271 Å². The summed E-state index contributed by atoms with van der Waals surface area (Å²) in [6, 6.07) is 0. The van der Waals surface area contributed by atoms with Crippen LogP contribution in [0.5, 0.6) is 0 Å². The number of carbonyl (C=O) groups is 2. The van der Waals surface area contributed by atoms with Gasteiger partial charge in [-0.3, -0.25) is 9.59 Å². The highest BCUT2D eigenvalue weighted by Crippen LogP contribution is 2.23. The molecule has 1 aliphatic rings. The van der Waals surface area contributed by atoms with Gasteiger partial charge in [0.2, 0.25) is 0 Å². The van der Waals surface area contributed by atoms with Crippen molar-refractivity contribution in [3.8, 4) is 0 Å². The second-order valence-electron chi connectivity index (χ2n) is 19.4. The minimum Gasteiger partial charge on any atom is -0.462 e. The molecular formula is C55H104O10. The molecule has 0 aromatic rings. The number of rotatable bonds is 48. The molecule has 0 amide bonds. The van der Waals surface area contributed by atoms with E-state index in [4.69, 9.17) is 18.9 Å². The van der Waals surface area contributed by atoms with Crippen molar-refractivity contribution in [1.82, 2.24) is 0 Å². The maximum atomic E-state index is 12.9. The fourth-order valence-corrected chi connectivity index (χ4v) is 8.77. The molecule has 65 heavy (non-hydrogen) atoms. The molecule has 0 radical (unpaired) electrons. The molecule has 6 atom stereocenters. The quantitative estimate of drug-likeness (QED) is 0.0264. The third-order valence-electron chi connectivity index (χ3n) is 13.2. The molecule has 4 N–H and O–H groups in total. The zero-order chi connectivity index (χ0) is 47.3. The van der Waals surface area contributed by atoms with Crippen LogP contribution in [0.25, 0.3) is 0 Å². The maximum absolute atomic E-state index is 12.9. The van der Waals surface area contributed by atoms with E-state index in [0.29, 0.717) is 6.42 Å². The van der Waals surface area contributed by atoms with Gasteiger partial charge < -0.3 is 39.4 Å². The highest BCUT2D eigenvalue weighted by atomic mass is 16.7. The van der Waals surface area contributed by atoms with E-state index in [1.807, 2.05) is 0 Å². The van der Waals surface area contributed by atoms with E-state index in [2.05, 4.69) is 26.0 Å². The van der Waals surface area contributed by atoms with Gasteiger partial charge in [0, 0.05) is 12.8 Å². The number of aliphatic hydroxyl groups is 4. The van der Waals surface area contributed by atoms with Crippen molar-refractivity contribution in [1.29, 1.82) is 0 Å². The van der Waals surface area contributed by atoms with Crippen LogP contribution in [0.3, 0.4) is 0 Å². The molecule has 10 nitrogen and oxygen atoms in total. The molecule has 0 saturated carbocycles. The molecule has 1 saturated heterocycles. The molecule has 1 fully saturated rings. The Bertz CT molecular complexity index is 1070. The predicted octanol–water partition coefficient (Wildman–Crippen LogP) is 13.5. The van der Waals surface area contributed by atoms with Crippen LogP contribution in [-0.2, 0) is 28.5 Å². The monoisotopic (exact) mass is 925 g/mol. The van der Waals surface area contributed by atoms with E-state index in [-0.39, 0.29) is 32.0 Å². The number of hydrogen-bond donors (Lipinski definition) is 4. The van der Waals surface area contributed by atoms with Gasteiger partial charge in [0.25, 0.3) is 0 Å². The molecule has 1 heterocycles. The molecule has 0 aromatic carbocycles. The molecule has 384 valence electrons. The van der Waals surface area contributed by atoms with Gasteiger partial charge in [-0.2, -0.15) is 0 Å². The Labute approximate surface area is 399 Å². The Hall–Kier alpha value is -1.56. The number of ether oxygens (including phenoxy) is 4. The number of unbranched alkanes of at least 4 members (excludes halogenated alkanes) is 35. The Morgan fingerprint density at radius 1 is 0.462 bits per heavy atom. The molecule has 2 unspecified atom stereocenters. The summed E-state index contributed by atoms with van der Waals surface area (Å²) in [6.45, 7) is 3.48. The molecule has 0 bridgehead atoms. The lowest BCUT2D eigenvalue weighted by Gasteiger charge is -2.39. The third kappa shape index (κ3) is 37.1. The van der Waals surface area contributed by atoms with E-state index >= 15 is 0 Å². The highest BCUT2D eigenvalue weighted by Gasteiger charge is 2.44. The second-order valence-corrected chi connectivity index (χ2v) is 19.4. The minimum atomic E-state index is -1.59. The molecular weight excluding hydrogens is 821 g/mol. The zero-order valence-electron chi connectivity index (χ0n) is 42.3. The second kappa shape index (κ2) is 46.2. The summed E-state index contributed by atoms with van der Waals surface area (Å²) in [5, 5.41) is 40.3. The zero-order valence-corrected chi connectivity index (χ0v) is 42.3. The molecule has 0 spiro atoms. The first-order valence-electron chi connectivity index (χ1n) is 27.8. The van der Waals surface area contributed by atoms with Crippen LogP contribution in [0.15, 0.2) is 12.2 Å². The number of allylic oxidation sites excluding steroid dienone is 2. The summed E-state index contributed by atoms with van der Waals surface area (Å²) in [5.74, 6) is -0.789. The van der Waals surface area contributed by atoms with Crippen molar-refractivity contribution in [2.24, 2.45) is 0 Å². The summed E-state index contributed by atoms with van der Waals surface area (Å²) >= 11 is 0. The van der Waals surface area contributed by atoms with Crippen LogP contribution in [-0.4, -0.2) is 89.0 Å². The van der Waals surface area contributed by atoms with Crippen molar-refractivity contribution in [3.63, 3.8) is 0 Å². The first-order valence-corrected chi connectivity index (χ1v) is 27.8. The Balaban J connectivity index is 2.21. The van der Waals surface area contributed by atoms with Crippen molar-refractivity contribution in [2.75, 3.05) is 19.8 Å². The topological polar surface area (TPSA) is 152 Å². The SMILES string of the molecule is CCCCCCCC/C=C/CCCCCCCCCCCCCC(=O)OC[C@@H](CO[C@H]1O[C@@H](CO)[C@@H](O)C(O)C1O)OC(=O)CCCCCCCCCCCCCCCCCCCCC. The van der Waals surface area contributed by atoms with Crippen molar-refractivity contribution >= 4 is 11.9 Å². The summed E-state index contributed by atoms with van der Waals surface area (Å²) in [7, 11) is 0. The fourth-order valence-electron chi connectivity index (χ4n) is 8.77. The van der Waals surface area contributed by atoms with E-state index in [1.54, 1.807) is 0 Å². The van der Waals surface area contributed by atoms with E-state index in [1.165, 1.54) is 199 Å². The van der Waals surface area contributed by atoms with Crippen LogP contribution >= 0.6 is 0 Å². The Morgan fingerprint density at radius 3 is 1.20 bits per heavy atom. The lowest BCUT2D eigenvalue weighted by molar-refractivity contribution is -0.305. The van der Waals surface area contributed by atoms with Gasteiger partial charge in [0.15, 0.2) is 12.4 Å². The van der Waals surface area contributed by atoms with Crippen molar-refractivity contribution in [2.45, 2.75) is 307 Å². The standard InChI is InChI=1S/C55H104O10/c1-3-5-7-9-11-13-15-17-19-21-23-24-26-27-29-31-33-35-37-39-41-43-50(57)62-46-48(47-63-55-54(61)53(60)52(59)49(45-56)65-55)64-51(58)44-42-40-38-36-34-32-30-28-25-22-20-18-16-14-12-10-8-6-4-2/h17,19,48-49,52-56,59-61H,3-16,18,20-47H2,1-2H3/b19-17+/t48-,49-,52+,53?,54?,55-/m0/s1. The number of hydrogen-bond acceptors (Lipinski definition) is 10. The number of esters is 2. The van der Waals surface area contributed by atoms with Crippen molar-refractivity contribution < 1.29 is 49.0 Å². The molecule has 10 heteroatoms. The van der Waals surface area contributed by atoms with Crippen LogP contribution < -0.4 is 0 Å². The van der Waals surface area contributed by atoms with Gasteiger partial charge in [-0.25, -0.2) is 0 Å². The highest BCUT2D eigenvalue weighted by molar-refractivity contribution is 5.70. The molecule has 0 aromatic heterocycles. The average Bonchev–Trinajstić information content (AvgIpc) is 3.30. The van der Waals surface area contributed by atoms with Crippen LogP contribution in [0.4, 0.5) is 0 Å². The van der Waals surface area contributed by atoms with E-state index in [0.717, 1.165) is 38.5 Å². The van der Waals surface area contributed by atoms with Gasteiger partial charge in [-0.15, -0.1) is 0 Å². The molecule has 0 aliphatic carbocycles.